The molecule has 1 N–H and O–H groups in total. The Hall–Kier alpha value is -3.81. The number of nitrogens with one attached hydrogen (secondary N) is 1. The number of benzene rings is 1. The molecular weight excluding hydrogens is 373 g/mol. The van der Waals surface area contributed by atoms with Crippen molar-refractivity contribution in [2.24, 2.45) is 7.05 Å². The lowest BCUT2D eigenvalue weighted by Gasteiger charge is -2.19. The molecule has 0 aliphatic heterocycles. The highest BCUT2D eigenvalue weighted by atomic mass is 19.1. The second kappa shape index (κ2) is 7.31. The molecule has 0 aliphatic rings. The summed E-state index contributed by atoms with van der Waals surface area (Å²) in [7, 11) is 1.79. The maximum absolute atomic E-state index is 13.4. The number of halogens is 1. The van der Waals surface area contributed by atoms with Crippen molar-refractivity contribution in [3.8, 4) is 0 Å². The summed E-state index contributed by atoms with van der Waals surface area (Å²) in [4.78, 5) is 34.3. The van der Waals surface area contributed by atoms with Crippen molar-refractivity contribution in [2.75, 3.05) is 0 Å². The van der Waals surface area contributed by atoms with Gasteiger partial charge in [0.05, 0.1) is 0 Å². The third-order valence-corrected chi connectivity index (χ3v) is 4.69. The predicted octanol–water partition coefficient (Wildman–Crippen LogP) is 2.39. The fraction of sp³-hybridized carbons (Fsp3) is 0.143. The summed E-state index contributed by atoms with van der Waals surface area (Å²) in [6, 6.07) is 8.66. The van der Waals surface area contributed by atoms with Gasteiger partial charge in [-0.15, -0.1) is 0 Å². The molecule has 8 heteroatoms. The topological polar surface area (TPSA) is 81.3 Å². The first kappa shape index (κ1) is 18.5. The van der Waals surface area contributed by atoms with Gasteiger partial charge in [-0.1, -0.05) is 18.2 Å². The van der Waals surface area contributed by atoms with Crippen LogP contribution in [0.25, 0.3) is 5.65 Å². The Kier molecular flexibility index (Phi) is 4.67. The van der Waals surface area contributed by atoms with Gasteiger partial charge < -0.3 is 9.88 Å². The quantitative estimate of drug-likeness (QED) is 0.579. The van der Waals surface area contributed by atoms with Crippen LogP contribution in [0.15, 0.2) is 66.0 Å². The molecule has 3 aromatic heterocycles. The van der Waals surface area contributed by atoms with E-state index in [4.69, 9.17) is 0 Å². The Labute approximate surface area is 165 Å². The summed E-state index contributed by atoms with van der Waals surface area (Å²) in [6.45, 7) is 1.85. The van der Waals surface area contributed by atoms with Gasteiger partial charge >= 0.3 is 0 Å². The number of carbonyl (C=O) groups is 1. The SMILES string of the molecule is Cc1ccc2ncc(C(=O)NC(c3ccc(F)cc3)c3nccn3C)c(=O)n2c1. The molecule has 0 spiro atoms. The van der Waals surface area contributed by atoms with Gasteiger partial charge in [-0.3, -0.25) is 14.0 Å². The molecule has 0 fully saturated rings. The lowest BCUT2D eigenvalue weighted by Crippen LogP contribution is -2.35. The fourth-order valence-electron chi connectivity index (χ4n) is 3.15. The summed E-state index contributed by atoms with van der Waals surface area (Å²) in [5, 5.41) is 2.83. The molecule has 7 nitrogen and oxygen atoms in total. The maximum Gasteiger partial charge on any atom is 0.270 e. The van der Waals surface area contributed by atoms with Crippen LogP contribution in [0.4, 0.5) is 4.39 Å². The van der Waals surface area contributed by atoms with Crippen LogP contribution in [0.3, 0.4) is 0 Å². The van der Waals surface area contributed by atoms with E-state index < -0.39 is 17.5 Å². The monoisotopic (exact) mass is 391 g/mol. The van der Waals surface area contributed by atoms with Gasteiger partial charge in [0.25, 0.3) is 11.5 Å². The number of aromatic nitrogens is 4. The van der Waals surface area contributed by atoms with Crippen LogP contribution in [0.5, 0.6) is 0 Å². The average molecular weight is 391 g/mol. The van der Waals surface area contributed by atoms with E-state index in [1.54, 1.807) is 48.4 Å². The van der Waals surface area contributed by atoms with Crippen molar-refractivity contribution < 1.29 is 9.18 Å². The molecule has 1 unspecified atom stereocenters. The zero-order chi connectivity index (χ0) is 20.5. The smallest absolute Gasteiger partial charge is 0.270 e. The molecule has 0 aliphatic carbocycles. The van der Waals surface area contributed by atoms with Gasteiger partial charge in [-0.25, -0.2) is 14.4 Å². The average Bonchev–Trinajstić information content (AvgIpc) is 3.13. The molecule has 29 heavy (non-hydrogen) atoms. The van der Waals surface area contributed by atoms with E-state index in [1.165, 1.54) is 22.7 Å². The number of aryl methyl sites for hydroxylation is 2. The highest BCUT2D eigenvalue weighted by molar-refractivity contribution is 5.94. The first-order valence-electron chi connectivity index (χ1n) is 8.95. The van der Waals surface area contributed by atoms with Crippen molar-refractivity contribution in [2.45, 2.75) is 13.0 Å². The first-order chi connectivity index (χ1) is 13.9. The molecule has 1 amide bonds. The molecule has 0 bridgehead atoms. The van der Waals surface area contributed by atoms with E-state index in [1.807, 2.05) is 13.0 Å². The molecule has 3 heterocycles. The van der Waals surface area contributed by atoms with Crippen molar-refractivity contribution in [3.63, 3.8) is 0 Å². The molecule has 0 saturated carbocycles. The molecule has 146 valence electrons. The normalized spacial score (nSPS) is 12.1. The highest BCUT2D eigenvalue weighted by Gasteiger charge is 2.23. The van der Waals surface area contributed by atoms with Gasteiger partial charge in [0, 0.05) is 31.8 Å². The van der Waals surface area contributed by atoms with Gasteiger partial charge in [0.2, 0.25) is 0 Å². The Morgan fingerprint density at radius 1 is 1.14 bits per heavy atom. The predicted molar refractivity (Wildman–Crippen MR) is 105 cm³/mol. The third-order valence-electron chi connectivity index (χ3n) is 4.69. The van der Waals surface area contributed by atoms with Crippen LogP contribution in [-0.2, 0) is 7.05 Å². The molecule has 4 rings (SSSR count). The number of hydrogen-bond donors (Lipinski definition) is 1. The third kappa shape index (κ3) is 3.52. The number of imidazole rings is 1. The summed E-state index contributed by atoms with van der Waals surface area (Å²) < 4.78 is 16.5. The summed E-state index contributed by atoms with van der Waals surface area (Å²) >= 11 is 0. The Morgan fingerprint density at radius 2 is 1.90 bits per heavy atom. The summed E-state index contributed by atoms with van der Waals surface area (Å²) in [5.74, 6) is -0.420. The summed E-state index contributed by atoms with van der Waals surface area (Å²) in [6.07, 6.45) is 6.25. The molecular formula is C21H18FN5O2. The highest BCUT2D eigenvalue weighted by Crippen LogP contribution is 2.21. The van der Waals surface area contributed by atoms with Crippen LogP contribution in [0.1, 0.15) is 33.4 Å². The molecule has 0 radical (unpaired) electrons. The van der Waals surface area contributed by atoms with Gasteiger partial charge in [0.1, 0.15) is 28.9 Å². The van der Waals surface area contributed by atoms with E-state index in [0.717, 1.165) is 5.56 Å². The van der Waals surface area contributed by atoms with Crippen molar-refractivity contribution in [1.82, 2.24) is 24.3 Å². The Bertz CT molecular complexity index is 1260. The minimum atomic E-state index is -0.666. The van der Waals surface area contributed by atoms with Crippen LogP contribution in [0.2, 0.25) is 0 Å². The van der Waals surface area contributed by atoms with Crippen LogP contribution in [-0.4, -0.2) is 24.8 Å². The van der Waals surface area contributed by atoms with E-state index >= 15 is 0 Å². The molecule has 4 aromatic rings. The fourth-order valence-corrected chi connectivity index (χ4v) is 3.15. The van der Waals surface area contributed by atoms with E-state index in [-0.39, 0.29) is 11.4 Å². The van der Waals surface area contributed by atoms with Gasteiger partial charge in [0.15, 0.2) is 0 Å². The van der Waals surface area contributed by atoms with Crippen molar-refractivity contribution >= 4 is 11.6 Å². The number of amides is 1. The Balaban J connectivity index is 1.75. The maximum atomic E-state index is 13.4. The van der Waals surface area contributed by atoms with Crippen molar-refractivity contribution in [3.05, 3.63) is 99.9 Å². The van der Waals surface area contributed by atoms with Gasteiger partial charge in [-0.05, 0) is 36.2 Å². The lowest BCUT2D eigenvalue weighted by atomic mass is 10.1. The van der Waals surface area contributed by atoms with E-state index in [2.05, 4.69) is 15.3 Å². The van der Waals surface area contributed by atoms with Crippen LogP contribution >= 0.6 is 0 Å². The number of rotatable bonds is 4. The molecule has 1 atom stereocenters. The molecule has 1 aromatic carbocycles. The van der Waals surface area contributed by atoms with Crippen LogP contribution in [0, 0.1) is 12.7 Å². The number of fused-ring (bicyclic) bond motifs is 1. The second-order valence-corrected chi connectivity index (χ2v) is 6.77. The number of carbonyl (C=O) groups excluding carboxylic acids is 1. The minimum Gasteiger partial charge on any atom is -0.338 e. The standard InChI is InChI=1S/C21H18FN5O2/c1-13-3-8-17-24-11-16(21(29)27(17)12-13)20(28)25-18(19-23-9-10-26(19)2)14-4-6-15(22)7-5-14/h3-12,18H,1-2H3,(H,25,28). The zero-order valence-electron chi connectivity index (χ0n) is 15.8. The summed E-state index contributed by atoms with van der Waals surface area (Å²) in [5.41, 5.74) is 1.41. The number of pyridine rings is 1. The number of hydrogen-bond acceptors (Lipinski definition) is 4. The number of nitrogens with zero attached hydrogens (tertiary/aromatic N) is 4. The largest absolute Gasteiger partial charge is 0.338 e. The minimum absolute atomic E-state index is 0.0885. The second-order valence-electron chi connectivity index (χ2n) is 6.77. The zero-order valence-corrected chi connectivity index (χ0v) is 15.8. The van der Waals surface area contributed by atoms with Crippen molar-refractivity contribution in [1.29, 1.82) is 0 Å². The molecule has 0 saturated heterocycles. The van der Waals surface area contributed by atoms with E-state index in [0.29, 0.717) is 17.0 Å². The van der Waals surface area contributed by atoms with Crippen LogP contribution < -0.4 is 10.9 Å². The lowest BCUT2D eigenvalue weighted by molar-refractivity contribution is 0.0939. The first-order valence-corrected chi connectivity index (χ1v) is 8.95. The Morgan fingerprint density at radius 3 is 2.59 bits per heavy atom. The van der Waals surface area contributed by atoms with Gasteiger partial charge in [-0.2, -0.15) is 0 Å². The van der Waals surface area contributed by atoms with E-state index in [9.17, 15) is 14.0 Å².